The van der Waals surface area contributed by atoms with Crippen molar-refractivity contribution in [3.05, 3.63) is 40.7 Å². The van der Waals surface area contributed by atoms with E-state index in [2.05, 4.69) is 14.7 Å². The lowest BCUT2D eigenvalue weighted by atomic mass is 10.2. The number of pyridine rings is 1. The van der Waals surface area contributed by atoms with E-state index in [1.807, 2.05) is 0 Å². The molecule has 0 aliphatic carbocycles. The van der Waals surface area contributed by atoms with Gasteiger partial charge in [0, 0.05) is 28.3 Å². The lowest BCUT2D eigenvalue weighted by molar-refractivity contribution is -0.290. The first-order chi connectivity index (χ1) is 12.6. The summed E-state index contributed by atoms with van der Waals surface area (Å²) in [6.45, 7) is 1.29. The summed E-state index contributed by atoms with van der Waals surface area (Å²) < 4.78 is 116. The highest BCUT2D eigenvalue weighted by atomic mass is 32.2. The van der Waals surface area contributed by atoms with Gasteiger partial charge in [-0.25, -0.2) is 9.19 Å². The molecule has 2 aromatic rings. The number of nitrogens with one attached hydrogen (secondary N) is 1. The monoisotopic (exact) mass is 453 g/mol. The molecule has 0 bridgehead atoms. The number of alkyl halides is 8. The molecule has 2 aromatic heterocycles. The van der Waals surface area contributed by atoms with E-state index >= 15 is 0 Å². The van der Waals surface area contributed by atoms with Crippen molar-refractivity contribution in [2.24, 2.45) is 0 Å². The summed E-state index contributed by atoms with van der Waals surface area (Å²) in [5, 5.41) is 0.00558. The van der Waals surface area contributed by atoms with E-state index in [-0.39, 0.29) is 10.4 Å². The Bertz CT molecular complexity index is 970. The molecule has 1 atom stereocenters. The molecule has 0 radical (unpaired) electrons. The predicted octanol–water partition coefficient (Wildman–Crippen LogP) is 4.69. The number of anilines is 1. The van der Waals surface area contributed by atoms with Gasteiger partial charge in [0.25, 0.3) is 0 Å². The molecule has 4 nitrogen and oxygen atoms in total. The zero-order valence-electron chi connectivity index (χ0n) is 14.0. The zero-order chi connectivity index (χ0) is 21.5. The molecule has 14 heteroatoms. The second-order valence-corrected chi connectivity index (χ2v) is 8.90. The van der Waals surface area contributed by atoms with Crippen molar-refractivity contribution in [3.8, 4) is 0 Å². The van der Waals surface area contributed by atoms with Crippen LogP contribution in [0.3, 0.4) is 0 Å². The minimum Gasteiger partial charge on any atom is -0.288 e. The number of rotatable bonds is 4. The van der Waals surface area contributed by atoms with Crippen LogP contribution in [0.5, 0.6) is 0 Å². The normalized spacial score (nSPS) is 15.2. The lowest BCUT2D eigenvalue weighted by Crippen LogP contribution is -2.34. The van der Waals surface area contributed by atoms with Crippen LogP contribution in [0.25, 0.3) is 0 Å². The highest BCUT2D eigenvalue weighted by Crippen LogP contribution is 2.44. The summed E-state index contributed by atoms with van der Waals surface area (Å²) in [7, 11) is -3.27. The van der Waals surface area contributed by atoms with E-state index in [0.717, 1.165) is 18.5 Å². The summed E-state index contributed by atoms with van der Waals surface area (Å²) in [6, 6.07) is 1.68. The van der Waals surface area contributed by atoms with Crippen molar-refractivity contribution in [1.29, 1.82) is 0 Å². The number of aromatic nitrogens is 2. The van der Waals surface area contributed by atoms with Gasteiger partial charge in [-0.1, -0.05) is 6.07 Å². The Balaban J connectivity index is 2.34. The van der Waals surface area contributed by atoms with Gasteiger partial charge in [-0.2, -0.15) is 35.1 Å². The Morgan fingerprint density at radius 1 is 1.07 bits per heavy atom. The maximum Gasteiger partial charge on any atom is 0.459 e. The summed E-state index contributed by atoms with van der Waals surface area (Å²) >= 11 is 0.379. The third-order valence-corrected chi connectivity index (χ3v) is 6.38. The van der Waals surface area contributed by atoms with Gasteiger partial charge in [-0.15, -0.1) is 11.3 Å². The van der Waals surface area contributed by atoms with Crippen LogP contribution in [0.2, 0.25) is 0 Å². The van der Waals surface area contributed by atoms with Crippen molar-refractivity contribution in [3.63, 3.8) is 0 Å². The minimum atomic E-state index is -5.85. The fraction of sp³-hybridized carbons (Fsp3) is 0.357. The number of halogens is 8. The van der Waals surface area contributed by atoms with E-state index in [4.69, 9.17) is 0 Å². The van der Waals surface area contributed by atoms with Gasteiger partial charge in [0.05, 0.1) is 9.71 Å². The van der Waals surface area contributed by atoms with Gasteiger partial charge in [0.2, 0.25) is 0 Å². The third-order valence-electron chi connectivity index (χ3n) is 3.51. The fourth-order valence-electron chi connectivity index (χ4n) is 1.85. The maximum atomic E-state index is 13.3. The van der Waals surface area contributed by atoms with Gasteiger partial charge in [0.15, 0.2) is 5.13 Å². The van der Waals surface area contributed by atoms with Crippen LogP contribution in [-0.4, -0.2) is 31.5 Å². The van der Waals surface area contributed by atoms with Crippen LogP contribution in [0, 0.1) is 0 Å². The smallest absolute Gasteiger partial charge is 0.288 e. The van der Waals surface area contributed by atoms with Crippen molar-refractivity contribution in [2.75, 3.05) is 11.0 Å². The Hall–Kier alpha value is -1.96. The van der Waals surface area contributed by atoms with Crippen LogP contribution in [0.4, 0.5) is 40.3 Å². The number of hydrogen-bond donors (Lipinski definition) is 1. The molecule has 28 heavy (non-hydrogen) atoms. The molecule has 0 fully saturated rings. The second kappa shape index (κ2) is 7.13. The number of nitrogens with zero attached hydrogens (tertiary/aromatic N) is 2. The van der Waals surface area contributed by atoms with Crippen molar-refractivity contribution < 1.29 is 39.3 Å². The Morgan fingerprint density at radius 3 is 2.14 bits per heavy atom. The zero-order valence-corrected chi connectivity index (χ0v) is 15.6. The Morgan fingerprint density at radius 2 is 1.68 bits per heavy atom. The van der Waals surface area contributed by atoms with Crippen molar-refractivity contribution >= 4 is 31.0 Å². The topological polar surface area (TPSA) is 54.9 Å². The average molecular weight is 453 g/mol. The van der Waals surface area contributed by atoms with Crippen LogP contribution in [0.15, 0.2) is 23.7 Å². The number of thiazole rings is 1. The van der Waals surface area contributed by atoms with Crippen LogP contribution < -0.4 is 4.72 Å². The van der Waals surface area contributed by atoms with Crippen molar-refractivity contribution in [1.82, 2.24) is 9.97 Å². The molecule has 0 aliphatic heterocycles. The summed E-state index contributed by atoms with van der Waals surface area (Å²) in [5.74, 6) is -5.19. The van der Waals surface area contributed by atoms with E-state index < -0.39 is 44.5 Å². The molecule has 0 aliphatic rings. The predicted molar refractivity (Wildman–Crippen MR) is 88.8 cm³/mol. The Labute approximate surface area is 157 Å². The average Bonchev–Trinajstić information content (AvgIpc) is 3.00. The lowest BCUT2D eigenvalue weighted by Gasteiger charge is -2.17. The molecular formula is C14H11F8N3OS2. The van der Waals surface area contributed by atoms with Gasteiger partial charge in [-0.05, 0) is 13.0 Å². The first-order valence-electron chi connectivity index (χ1n) is 7.10. The van der Waals surface area contributed by atoms with Gasteiger partial charge >= 0.3 is 18.3 Å². The highest BCUT2D eigenvalue weighted by Gasteiger charge is 2.60. The molecule has 1 N–H and O–H groups in total. The molecule has 0 aromatic carbocycles. The van der Waals surface area contributed by atoms with E-state index in [1.165, 1.54) is 6.92 Å². The highest BCUT2D eigenvalue weighted by molar-refractivity contribution is 8.03. The number of hydrogen-bond acceptors (Lipinski definition) is 4. The molecule has 2 heterocycles. The molecule has 0 saturated carbocycles. The van der Waals surface area contributed by atoms with Crippen LogP contribution >= 0.6 is 11.3 Å². The summed E-state index contributed by atoms with van der Waals surface area (Å²) in [6.07, 6.45) is -8.59. The second-order valence-electron chi connectivity index (χ2n) is 5.54. The largest absolute Gasteiger partial charge is 0.459 e. The molecule has 0 spiro atoms. The maximum absolute atomic E-state index is 13.3. The van der Waals surface area contributed by atoms with Crippen LogP contribution in [-0.2, 0) is 21.8 Å². The quantitative estimate of drug-likeness (QED) is 0.415. The minimum absolute atomic E-state index is 0.00746. The molecule has 0 saturated heterocycles. The molecule has 156 valence electrons. The van der Waals surface area contributed by atoms with Gasteiger partial charge in [-0.3, -0.25) is 9.71 Å². The Kier molecular flexibility index (Phi) is 5.69. The van der Waals surface area contributed by atoms with E-state index in [1.54, 1.807) is 0 Å². The van der Waals surface area contributed by atoms with Gasteiger partial charge in [0.1, 0.15) is 11.4 Å². The van der Waals surface area contributed by atoms with E-state index in [9.17, 15) is 39.3 Å². The van der Waals surface area contributed by atoms with Gasteiger partial charge < -0.3 is 0 Å². The molecule has 0 amide bonds. The molecule has 1 unspecified atom stereocenters. The first-order valence-corrected chi connectivity index (χ1v) is 9.95. The summed E-state index contributed by atoms with van der Waals surface area (Å²) in [4.78, 5) is 6.36. The summed E-state index contributed by atoms with van der Waals surface area (Å²) in [5.41, 5.74) is -2.67. The fourth-order valence-corrected chi connectivity index (χ4v) is 4.19. The molecule has 2 rings (SSSR count). The standard InChI is InChI=1S/C14H11F8N3OS2/c1-7(8-3-4-9(23-5-8)13(17,18)19)28(2,26)25-11-24-10(6-27-11)12(15,16)14(20,21)22/h3-6H,1-2H3,(H,24,25,26). The SMILES string of the molecule is CC(c1ccc(C(F)(F)F)nc1)=S(C)(=O)Nc1nc(C(F)(F)C(F)(F)F)cs1. The molecular weight excluding hydrogens is 442 g/mol. The van der Waals surface area contributed by atoms with Crippen LogP contribution in [0.1, 0.15) is 23.9 Å². The van der Waals surface area contributed by atoms with E-state index in [0.29, 0.717) is 22.8 Å². The first kappa shape index (κ1) is 22.3. The van der Waals surface area contributed by atoms with Crippen molar-refractivity contribution in [2.45, 2.75) is 25.2 Å². The third kappa shape index (κ3) is 4.54.